The third-order valence-corrected chi connectivity index (χ3v) is 5.85. The lowest BCUT2D eigenvalue weighted by Crippen LogP contribution is -2.44. The number of nitrogens with one attached hydrogen (secondary N) is 1. The fourth-order valence-corrected chi connectivity index (χ4v) is 4.63. The van der Waals surface area contributed by atoms with Gasteiger partial charge in [0.25, 0.3) is 0 Å². The molecule has 0 aromatic carbocycles. The van der Waals surface area contributed by atoms with Gasteiger partial charge in [0.15, 0.2) is 5.11 Å². The molecule has 3 rings (SSSR count). The van der Waals surface area contributed by atoms with Crippen molar-refractivity contribution in [2.24, 2.45) is 17.8 Å². The quantitative estimate of drug-likeness (QED) is 0.790. The van der Waals surface area contributed by atoms with E-state index in [4.69, 9.17) is 12.2 Å². The summed E-state index contributed by atoms with van der Waals surface area (Å²) in [5, 5.41) is 4.54. The third-order valence-electron chi connectivity index (χ3n) is 5.42. The molecule has 3 aliphatic rings. The second kappa shape index (κ2) is 5.36. The number of hydrogen-bond acceptors (Lipinski definition) is 1. The van der Waals surface area contributed by atoms with Crippen LogP contribution in [0.25, 0.3) is 0 Å². The van der Waals surface area contributed by atoms with E-state index in [9.17, 15) is 0 Å². The Hall–Kier alpha value is -0.310. The van der Waals surface area contributed by atoms with E-state index in [1.54, 1.807) is 0 Å². The molecule has 3 unspecified atom stereocenters. The molecule has 3 atom stereocenters. The summed E-state index contributed by atoms with van der Waals surface area (Å²) < 4.78 is 0. The standard InChI is InChI=1S/C15H26N2S/c1-17(15(18)16-14-4-2-3-5-14)10-13-9-11-6-7-12(13)8-11/h11-14H,2-10H2,1H3,(H,16,18). The monoisotopic (exact) mass is 266 g/mol. The first-order valence-electron chi connectivity index (χ1n) is 7.74. The number of fused-ring (bicyclic) bond motifs is 2. The minimum Gasteiger partial charge on any atom is -0.360 e. The maximum absolute atomic E-state index is 5.55. The Balaban J connectivity index is 1.45. The highest BCUT2D eigenvalue weighted by molar-refractivity contribution is 7.80. The number of rotatable bonds is 3. The lowest BCUT2D eigenvalue weighted by atomic mass is 9.88. The van der Waals surface area contributed by atoms with Crippen LogP contribution in [-0.2, 0) is 0 Å². The highest BCUT2D eigenvalue weighted by Gasteiger charge is 2.39. The van der Waals surface area contributed by atoms with Crippen molar-refractivity contribution < 1.29 is 0 Å². The Bertz CT molecular complexity index is 312. The smallest absolute Gasteiger partial charge is 0.168 e. The molecule has 3 heteroatoms. The van der Waals surface area contributed by atoms with Gasteiger partial charge in [-0.2, -0.15) is 0 Å². The normalized spacial score (nSPS) is 35.1. The molecule has 3 fully saturated rings. The molecule has 1 N–H and O–H groups in total. The van der Waals surface area contributed by atoms with Crippen LogP contribution in [0.2, 0.25) is 0 Å². The Morgan fingerprint density at radius 2 is 1.94 bits per heavy atom. The first-order valence-corrected chi connectivity index (χ1v) is 8.15. The van der Waals surface area contributed by atoms with Gasteiger partial charge in [-0.3, -0.25) is 0 Å². The van der Waals surface area contributed by atoms with Crippen LogP contribution in [0.3, 0.4) is 0 Å². The second-order valence-electron chi connectivity index (χ2n) is 6.75. The molecule has 0 aromatic rings. The summed E-state index contributed by atoms with van der Waals surface area (Å²) in [5.41, 5.74) is 0. The van der Waals surface area contributed by atoms with Crippen molar-refractivity contribution in [1.29, 1.82) is 0 Å². The first-order chi connectivity index (χ1) is 8.72. The summed E-state index contributed by atoms with van der Waals surface area (Å²) in [7, 11) is 2.18. The van der Waals surface area contributed by atoms with Gasteiger partial charge >= 0.3 is 0 Å². The molecule has 2 bridgehead atoms. The molecule has 3 aliphatic carbocycles. The summed E-state index contributed by atoms with van der Waals surface area (Å²) in [4.78, 5) is 2.30. The van der Waals surface area contributed by atoms with Gasteiger partial charge < -0.3 is 10.2 Å². The minimum absolute atomic E-state index is 0.653. The van der Waals surface area contributed by atoms with E-state index >= 15 is 0 Å². The number of nitrogens with zero attached hydrogens (tertiary/aromatic N) is 1. The van der Waals surface area contributed by atoms with E-state index in [0.29, 0.717) is 6.04 Å². The highest BCUT2D eigenvalue weighted by Crippen LogP contribution is 2.48. The zero-order chi connectivity index (χ0) is 12.5. The summed E-state index contributed by atoms with van der Waals surface area (Å²) >= 11 is 5.55. The van der Waals surface area contributed by atoms with Gasteiger partial charge in [-0.25, -0.2) is 0 Å². The van der Waals surface area contributed by atoms with E-state index in [2.05, 4.69) is 17.3 Å². The van der Waals surface area contributed by atoms with Crippen molar-refractivity contribution in [2.45, 2.75) is 57.4 Å². The van der Waals surface area contributed by atoms with Crippen molar-refractivity contribution in [3.63, 3.8) is 0 Å². The zero-order valence-corrected chi connectivity index (χ0v) is 12.3. The van der Waals surface area contributed by atoms with Crippen LogP contribution < -0.4 is 5.32 Å². The van der Waals surface area contributed by atoms with Crippen LogP contribution in [0, 0.1) is 17.8 Å². The fraction of sp³-hybridized carbons (Fsp3) is 0.933. The van der Waals surface area contributed by atoms with Crippen LogP contribution in [-0.4, -0.2) is 29.6 Å². The van der Waals surface area contributed by atoms with E-state index in [1.165, 1.54) is 57.9 Å². The van der Waals surface area contributed by atoms with Gasteiger partial charge in [0.05, 0.1) is 0 Å². The minimum atomic E-state index is 0.653. The predicted octanol–water partition coefficient (Wildman–Crippen LogP) is 3.17. The Morgan fingerprint density at radius 1 is 1.17 bits per heavy atom. The lowest BCUT2D eigenvalue weighted by molar-refractivity contribution is 0.274. The van der Waals surface area contributed by atoms with Gasteiger partial charge in [0, 0.05) is 19.6 Å². The van der Waals surface area contributed by atoms with Gasteiger partial charge in [0.1, 0.15) is 0 Å². The van der Waals surface area contributed by atoms with Crippen molar-refractivity contribution in [2.75, 3.05) is 13.6 Å². The molecule has 0 aliphatic heterocycles. The molecule has 0 radical (unpaired) electrons. The van der Waals surface area contributed by atoms with Gasteiger partial charge in [-0.05, 0) is 62.1 Å². The Kier molecular flexibility index (Phi) is 3.78. The largest absolute Gasteiger partial charge is 0.360 e. The fourth-order valence-electron chi connectivity index (χ4n) is 4.39. The highest BCUT2D eigenvalue weighted by atomic mass is 32.1. The zero-order valence-electron chi connectivity index (χ0n) is 11.5. The average Bonchev–Trinajstić information content (AvgIpc) is 3.04. The maximum Gasteiger partial charge on any atom is 0.168 e. The Labute approximate surface area is 116 Å². The van der Waals surface area contributed by atoms with E-state index in [1.807, 2.05) is 0 Å². The van der Waals surface area contributed by atoms with Crippen molar-refractivity contribution in [3.05, 3.63) is 0 Å². The molecule has 0 spiro atoms. The van der Waals surface area contributed by atoms with Gasteiger partial charge in [-0.1, -0.05) is 19.3 Å². The average molecular weight is 266 g/mol. The van der Waals surface area contributed by atoms with Crippen LogP contribution in [0.15, 0.2) is 0 Å². The van der Waals surface area contributed by atoms with E-state index < -0.39 is 0 Å². The van der Waals surface area contributed by atoms with Gasteiger partial charge in [-0.15, -0.1) is 0 Å². The molecular formula is C15H26N2S. The summed E-state index contributed by atoms with van der Waals surface area (Å²) in [6, 6.07) is 0.653. The molecule has 102 valence electrons. The molecule has 2 nitrogen and oxygen atoms in total. The molecule has 0 saturated heterocycles. The van der Waals surface area contributed by atoms with Crippen LogP contribution in [0.1, 0.15) is 51.4 Å². The van der Waals surface area contributed by atoms with Gasteiger partial charge in [0.2, 0.25) is 0 Å². The summed E-state index contributed by atoms with van der Waals surface area (Å²) in [6.45, 7) is 1.18. The van der Waals surface area contributed by atoms with Crippen LogP contribution in [0.5, 0.6) is 0 Å². The maximum atomic E-state index is 5.55. The molecule has 0 heterocycles. The topological polar surface area (TPSA) is 15.3 Å². The molecule has 0 amide bonds. The molecule has 18 heavy (non-hydrogen) atoms. The predicted molar refractivity (Wildman–Crippen MR) is 79.6 cm³/mol. The van der Waals surface area contributed by atoms with Crippen molar-refractivity contribution in [3.8, 4) is 0 Å². The van der Waals surface area contributed by atoms with E-state index in [-0.39, 0.29) is 0 Å². The Morgan fingerprint density at radius 3 is 2.56 bits per heavy atom. The summed E-state index contributed by atoms with van der Waals surface area (Å²) in [6.07, 6.45) is 11.3. The second-order valence-corrected chi connectivity index (χ2v) is 7.13. The number of thiocarbonyl (C=S) groups is 1. The van der Waals surface area contributed by atoms with Crippen LogP contribution >= 0.6 is 12.2 Å². The molecule has 3 saturated carbocycles. The van der Waals surface area contributed by atoms with E-state index in [0.717, 1.165) is 22.9 Å². The summed E-state index contributed by atoms with van der Waals surface area (Å²) in [5.74, 6) is 2.97. The molecule has 0 aromatic heterocycles. The first kappa shape index (κ1) is 12.7. The third kappa shape index (κ3) is 2.66. The van der Waals surface area contributed by atoms with Crippen LogP contribution in [0.4, 0.5) is 0 Å². The SMILES string of the molecule is CN(CC1CC2CCC1C2)C(=S)NC1CCCC1. The lowest BCUT2D eigenvalue weighted by Gasteiger charge is -2.30. The number of hydrogen-bond donors (Lipinski definition) is 1. The molecular weight excluding hydrogens is 240 g/mol. The van der Waals surface area contributed by atoms with Crippen molar-refractivity contribution in [1.82, 2.24) is 10.2 Å². The van der Waals surface area contributed by atoms with Crippen molar-refractivity contribution >= 4 is 17.3 Å².